The molecule has 1 heterocycles. The van der Waals surface area contributed by atoms with E-state index >= 15 is 0 Å². The fourth-order valence-electron chi connectivity index (χ4n) is 1.66. The van der Waals surface area contributed by atoms with E-state index in [2.05, 4.69) is 0 Å². The second-order valence-corrected chi connectivity index (χ2v) is 5.35. The standard InChI is InChI=1S/C11H11NO2S2/c1-7-11(15)12(6-10(13)14)8-4-2-3-5-9(8)16-7/h2-5,7H,6H2,1H3,(H,13,14). The van der Waals surface area contributed by atoms with Crippen LogP contribution in [0.25, 0.3) is 0 Å². The molecule has 1 aliphatic rings. The van der Waals surface area contributed by atoms with Crippen LogP contribution in [0.15, 0.2) is 29.2 Å². The number of rotatable bonds is 2. The Kier molecular flexibility index (Phi) is 3.16. The van der Waals surface area contributed by atoms with E-state index < -0.39 is 5.97 Å². The number of nitrogens with zero attached hydrogens (tertiary/aromatic N) is 1. The highest BCUT2D eigenvalue weighted by molar-refractivity contribution is 8.02. The lowest BCUT2D eigenvalue weighted by Gasteiger charge is -2.33. The first kappa shape index (κ1) is 11.4. The van der Waals surface area contributed by atoms with Crippen molar-refractivity contribution < 1.29 is 9.90 Å². The van der Waals surface area contributed by atoms with E-state index in [9.17, 15) is 4.79 Å². The Bertz CT molecular complexity index is 447. The van der Waals surface area contributed by atoms with E-state index in [0.717, 1.165) is 10.6 Å². The van der Waals surface area contributed by atoms with Gasteiger partial charge in [0.25, 0.3) is 0 Å². The maximum absolute atomic E-state index is 10.8. The number of carboxylic acid groups (broad SMARTS) is 1. The summed E-state index contributed by atoms with van der Waals surface area (Å²) in [5.74, 6) is -0.865. The third kappa shape index (κ3) is 2.05. The monoisotopic (exact) mass is 253 g/mol. The molecule has 0 bridgehead atoms. The average Bonchev–Trinajstić information content (AvgIpc) is 2.24. The maximum Gasteiger partial charge on any atom is 0.323 e. The molecule has 3 nitrogen and oxygen atoms in total. The highest BCUT2D eigenvalue weighted by atomic mass is 32.2. The van der Waals surface area contributed by atoms with Crippen molar-refractivity contribution in [3.63, 3.8) is 0 Å². The average molecular weight is 253 g/mol. The Morgan fingerprint density at radius 3 is 2.94 bits per heavy atom. The molecule has 1 aliphatic heterocycles. The molecule has 0 radical (unpaired) electrons. The quantitative estimate of drug-likeness (QED) is 0.820. The summed E-state index contributed by atoms with van der Waals surface area (Å²) < 4.78 is 0. The topological polar surface area (TPSA) is 40.5 Å². The number of hydrogen-bond donors (Lipinski definition) is 1. The van der Waals surface area contributed by atoms with Crippen LogP contribution in [0, 0.1) is 0 Å². The number of anilines is 1. The van der Waals surface area contributed by atoms with Crippen molar-refractivity contribution in [1.82, 2.24) is 0 Å². The van der Waals surface area contributed by atoms with Gasteiger partial charge < -0.3 is 10.0 Å². The Morgan fingerprint density at radius 1 is 1.56 bits per heavy atom. The van der Waals surface area contributed by atoms with Gasteiger partial charge in [-0.15, -0.1) is 11.8 Å². The fourth-order valence-corrected chi connectivity index (χ4v) is 3.03. The zero-order chi connectivity index (χ0) is 11.7. The Hall–Kier alpha value is -1.07. The van der Waals surface area contributed by atoms with Crippen LogP contribution in [0.5, 0.6) is 0 Å². The van der Waals surface area contributed by atoms with Crippen molar-refractivity contribution in [1.29, 1.82) is 0 Å². The molecular formula is C11H11NO2S2. The van der Waals surface area contributed by atoms with Crippen LogP contribution in [-0.2, 0) is 4.79 Å². The molecule has 0 aromatic heterocycles. The predicted octanol–water partition coefficient (Wildman–Crippen LogP) is 2.40. The van der Waals surface area contributed by atoms with E-state index in [0.29, 0.717) is 4.99 Å². The Morgan fingerprint density at radius 2 is 2.25 bits per heavy atom. The van der Waals surface area contributed by atoms with Crippen molar-refractivity contribution in [3.05, 3.63) is 24.3 Å². The van der Waals surface area contributed by atoms with Crippen molar-refractivity contribution in [2.24, 2.45) is 0 Å². The van der Waals surface area contributed by atoms with Crippen LogP contribution in [0.1, 0.15) is 6.92 Å². The third-order valence-electron chi connectivity index (χ3n) is 2.37. The van der Waals surface area contributed by atoms with Gasteiger partial charge in [-0.1, -0.05) is 24.4 Å². The maximum atomic E-state index is 10.8. The first-order valence-corrected chi connectivity index (χ1v) is 6.17. The summed E-state index contributed by atoms with van der Waals surface area (Å²) in [7, 11) is 0. The lowest BCUT2D eigenvalue weighted by atomic mass is 10.2. The van der Waals surface area contributed by atoms with E-state index in [4.69, 9.17) is 17.3 Å². The molecule has 84 valence electrons. The van der Waals surface area contributed by atoms with E-state index in [1.165, 1.54) is 0 Å². The van der Waals surface area contributed by atoms with E-state index in [-0.39, 0.29) is 11.8 Å². The van der Waals surface area contributed by atoms with Crippen molar-refractivity contribution in [2.75, 3.05) is 11.4 Å². The van der Waals surface area contributed by atoms with Crippen LogP contribution in [0.4, 0.5) is 5.69 Å². The van der Waals surface area contributed by atoms with E-state index in [1.54, 1.807) is 16.7 Å². The summed E-state index contributed by atoms with van der Waals surface area (Å²) in [5, 5.41) is 9.03. The van der Waals surface area contributed by atoms with Crippen LogP contribution >= 0.6 is 24.0 Å². The van der Waals surface area contributed by atoms with Gasteiger partial charge in [-0.2, -0.15) is 0 Å². The summed E-state index contributed by atoms with van der Waals surface area (Å²) >= 11 is 6.96. The number of fused-ring (bicyclic) bond motifs is 1. The molecule has 0 spiro atoms. The van der Waals surface area contributed by atoms with Gasteiger partial charge in [0.15, 0.2) is 0 Å². The van der Waals surface area contributed by atoms with Gasteiger partial charge in [0, 0.05) is 4.90 Å². The summed E-state index contributed by atoms with van der Waals surface area (Å²) in [6.45, 7) is 1.93. The summed E-state index contributed by atoms with van der Waals surface area (Å²) in [6, 6.07) is 7.75. The van der Waals surface area contributed by atoms with Crippen LogP contribution < -0.4 is 4.90 Å². The van der Waals surface area contributed by atoms with Crippen molar-refractivity contribution >= 4 is 40.6 Å². The molecule has 0 amide bonds. The van der Waals surface area contributed by atoms with Gasteiger partial charge in [-0.05, 0) is 19.1 Å². The van der Waals surface area contributed by atoms with Gasteiger partial charge in [-0.3, -0.25) is 4.79 Å². The van der Waals surface area contributed by atoms with Crippen molar-refractivity contribution in [3.8, 4) is 0 Å². The van der Waals surface area contributed by atoms with Gasteiger partial charge in [-0.25, -0.2) is 0 Å². The molecule has 1 aromatic carbocycles. The molecule has 1 unspecified atom stereocenters. The number of hydrogen-bond acceptors (Lipinski definition) is 3. The largest absolute Gasteiger partial charge is 0.480 e. The Labute approximate surface area is 103 Å². The summed E-state index contributed by atoms with van der Waals surface area (Å²) in [5.41, 5.74) is 0.901. The minimum Gasteiger partial charge on any atom is -0.480 e. The number of benzene rings is 1. The summed E-state index contributed by atoms with van der Waals surface area (Å²) in [4.78, 5) is 14.3. The number of para-hydroxylation sites is 1. The van der Waals surface area contributed by atoms with Gasteiger partial charge >= 0.3 is 5.97 Å². The first-order chi connectivity index (χ1) is 7.59. The third-order valence-corrected chi connectivity index (χ3v) is 4.27. The molecule has 0 aliphatic carbocycles. The molecule has 5 heteroatoms. The highest BCUT2D eigenvalue weighted by Crippen LogP contribution is 2.39. The van der Waals surface area contributed by atoms with Crippen LogP contribution in [0.3, 0.4) is 0 Å². The van der Waals surface area contributed by atoms with E-state index in [1.807, 2.05) is 31.2 Å². The highest BCUT2D eigenvalue weighted by Gasteiger charge is 2.28. The molecule has 1 aromatic rings. The van der Waals surface area contributed by atoms with Gasteiger partial charge in [0.2, 0.25) is 0 Å². The zero-order valence-electron chi connectivity index (χ0n) is 8.71. The first-order valence-electron chi connectivity index (χ1n) is 4.88. The number of aliphatic carboxylic acids is 1. The Balaban J connectivity index is 2.41. The number of carboxylic acids is 1. The van der Waals surface area contributed by atoms with Crippen molar-refractivity contribution in [2.45, 2.75) is 17.1 Å². The molecule has 1 N–H and O–H groups in total. The number of thioether (sulfide) groups is 1. The summed E-state index contributed by atoms with van der Waals surface area (Å²) in [6.07, 6.45) is 0. The SMILES string of the molecule is CC1Sc2ccccc2N(CC(=O)O)C1=S. The lowest BCUT2D eigenvalue weighted by molar-refractivity contribution is -0.135. The molecule has 0 saturated heterocycles. The minimum absolute atomic E-state index is 0.0687. The normalized spacial score (nSPS) is 19.4. The van der Waals surface area contributed by atoms with Crippen LogP contribution in [-0.4, -0.2) is 27.9 Å². The minimum atomic E-state index is -0.865. The lowest BCUT2D eigenvalue weighted by Crippen LogP contribution is -2.41. The van der Waals surface area contributed by atoms with Gasteiger partial charge in [0.05, 0.1) is 15.9 Å². The molecule has 2 rings (SSSR count). The number of thiocarbonyl (C=S) groups is 1. The van der Waals surface area contributed by atoms with Gasteiger partial charge in [0.1, 0.15) is 6.54 Å². The molecule has 0 fully saturated rings. The molecule has 1 atom stereocenters. The molecular weight excluding hydrogens is 242 g/mol. The number of carbonyl (C=O) groups is 1. The second kappa shape index (κ2) is 4.43. The molecule has 0 saturated carbocycles. The van der Waals surface area contributed by atoms with Crippen LogP contribution in [0.2, 0.25) is 0 Å². The zero-order valence-corrected chi connectivity index (χ0v) is 10.3. The second-order valence-electron chi connectivity index (χ2n) is 3.55. The predicted molar refractivity (Wildman–Crippen MR) is 69.3 cm³/mol. The fraction of sp³-hybridized carbons (Fsp3) is 0.273. The smallest absolute Gasteiger partial charge is 0.323 e. The molecule has 16 heavy (non-hydrogen) atoms.